The van der Waals surface area contributed by atoms with Gasteiger partial charge >= 0.3 is 5.97 Å². The standard InChI is InChI=1S/C18H16ClN3O3S/c1-24-15-7-6-13(19)9-14(15)16-20-18(22-21-16)26-10-11-4-3-5-12(8-11)17(23)25-2/h3-9H,10H2,1-2H3,(H,20,21,22). The van der Waals surface area contributed by atoms with Crippen LogP contribution >= 0.6 is 23.4 Å². The molecule has 0 spiro atoms. The van der Waals surface area contributed by atoms with Crippen LogP contribution in [0.15, 0.2) is 47.6 Å². The number of H-pyrrole nitrogens is 1. The second-order valence-electron chi connectivity index (χ2n) is 5.29. The fourth-order valence-corrected chi connectivity index (χ4v) is 3.26. The van der Waals surface area contributed by atoms with Crippen molar-refractivity contribution >= 4 is 29.3 Å². The van der Waals surface area contributed by atoms with Crippen LogP contribution in [0.4, 0.5) is 0 Å². The van der Waals surface area contributed by atoms with Gasteiger partial charge < -0.3 is 9.47 Å². The topological polar surface area (TPSA) is 77.1 Å². The second-order valence-corrected chi connectivity index (χ2v) is 6.67. The number of benzene rings is 2. The molecule has 0 unspecified atom stereocenters. The van der Waals surface area contributed by atoms with Crippen LogP contribution < -0.4 is 4.74 Å². The van der Waals surface area contributed by atoms with Crippen molar-refractivity contribution in [2.45, 2.75) is 10.9 Å². The van der Waals surface area contributed by atoms with E-state index in [2.05, 4.69) is 15.2 Å². The number of nitrogens with zero attached hydrogens (tertiary/aromatic N) is 2. The summed E-state index contributed by atoms with van der Waals surface area (Å²) in [5, 5.41) is 8.30. The van der Waals surface area contributed by atoms with Crippen molar-refractivity contribution in [2.24, 2.45) is 0 Å². The molecule has 3 rings (SSSR count). The van der Waals surface area contributed by atoms with Crippen LogP contribution in [0.25, 0.3) is 11.4 Å². The minimum Gasteiger partial charge on any atom is -0.496 e. The third-order valence-electron chi connectivity index (χ3n) is 3.60. The van der Waals surface area contributed by atoms with Crippen molar-refractivity contribution in [3.63, 3.8) is 0 Å². The molecular formula is C18H16ClN3O3S. The van der Waals surface area contributed by atoms with Crippen LogP contribution in [-0.4, -0.2) is 35.4 Å². The lowest BCUT2D eigenvalue weighted by Crippen LogP contribution is -2.01. The molecule has 0 saturated heterocycles. The van der Waals surface area contributed by atoms with Crippen LogP contribution in [0.5, 0.6) is 5.75 Å². The molecule has 1 aromatic heterocycles. The Bertz CT molecular complexity index is 930. The molecule has 0 bridgehead atoms. The summed E-state index contributed by atoms with van der Waals surface area (Å²) in [6, 6.07) is 12.6. The minimum atomic E-state index is -0.356. The zero-order valence-electron chi connectivity index (χ0n) is 14.2. The van der Waals surface area contributed by atoms with Gasteiger partial charge in [0.1, 0.15) is 5.75 Å². The molecule has 0 aliphatic heterocycles. The Morgan fingerprint density at radius 2 is 2.08 bits per heavy atom. The first-order chi connectivity index (χ1) is 12.6. The molecule has 1 heterocycles. The molecular weight excluding hydrogens is 374 g/mol. The van der Waals surface area contributed by atoms with Crippen molar-refractivity contribution in [1.29, 1.82) is 0 Å². The molecule has 6 nitrogen and oxygen atoms in total. The molecule has 1 N–H and O–H groups in total. The van der Waals surface area contributed by atoms with Crippen molar-refractivity contribution < 1.29 is 14.3 Å². The van der Waals surface area contributed by atoms with Crippen LogP contribution in [0.2, 0.25) is 5.02 Å². The number of hydrogen-bond donors (Lipinski definition) is 1. The molecule has 0 aliphatic rings. The highest BCUT2D eigenvalue weighted by molar-refractivity contribution is 7.98. The van der Waals surface area contributed by atoms with Crippen molar-refractivity contribution in [2.75, 3.05) is 14.2 Å². The predicted octanol–water partition coefficient (Wildman–Crippen LogP) is 4.21. The highest BCUT2D eigenvalue weighted by Gasteiger charge is 2.13. The van der Waals surface area contributed by atoms with Crippen molar-refractivity contribution in [1.82, 2.24) is 15.2 Å². The normalized spacial score (nSPS) is 10.6. The average molecular weight is 390 g/mol. The smallest absolute Gasteiger partial charge is 0.337 e. The van der Waals surface area contributed by atoms with Gasteiger partial charge in [0.05, 0.1) is 25.3 Å². The lowest BCUT2D eigenvalue weighted by molar-refractivity contribution is 0.0600. The van der Waals surface area contributed by atoms with Gasteiger partial charge in [-0.1, -0.05) is 35.5 Å². The zero-order valence-corrected chi connectivity index (χ0v) is 15.7. The van der Waals surface area contributed by atoms with E-state index >= 15 is 0 Å². The van der Waals surface area contributed by atoms with E-state index < -0.39 is 0 Å². The van der Waals surface area contributed by atoms with Gasteiger partial charge in [-0.05, 0) is 35.9 Å². The van der Waals surface area contributed by atoms with Gasteiger partial charge in [0.25, 0.3) is 0 Å². The first-order valence-corrected chi connectivity index (χ1v) is 9.03. The monoisotopic (exact) mass is 389 g/mol. The Hall–Kier alpha value is -2.51. The first kappa shape index (κ1) is 18.3. The molecule has 134 valence electrons. The summed E-state index contributed by atoms with van der Waals surface area (Å²) in [6.45, 7) is 0. The summed E-state index contributed by atoms with van der Waals surface area (Å²) in [7, 11) is 2.95. The quantitative estimate of drug-likeness (QED) is 0.502. The summed E-state index contributed by atoms with van der Waals surface area (Å²) in [5.41, 5.74) is 2.24. The SMILES string of the molecule is COC(=O)c1cccc(CSc2n[nH]c(-c3cc(Cl)ccc3OC)n2)c1. The number of esters is 1. The van der Waals surface area contributed by atoms with Crippen LogP contribution in [-0.2, 0) is 10.5 Å². The van der Waals surface area contributed by atoms with E-state index in [9.17, 15) is 4.79 Å². The third kappa shape index (κ3) is 4.17. The average Bonchev–Trinajstić information content (AvgIpc) is 3.15. The molecule has 0 aliphatic carbocycles. The van der Waals surface area contributed by atoms with Gasteiger partial charge in [0.2, 0.25) is 5.16 Å². The number of carbonyl (C=O) groups excluding carboxylic acids is 1. The van der Waals surface area contributed by atoms with E-state index in [1.807, 2.05) is 12.1 Å². The fourth-order valence-electron chi connectivity index (χ4n) is 2.35. The van der Waals surface area contributed by atoms with E-state index in [1.54, 1.807) is 37.4 Å². The highest BCUT2D eigenvalue weighted by atomic mass is 35.5. The zero-order chi connectivity index (χ0) is 18.5. The van der Waals surface area contributed by atoms with E-state index in [-0.39, 0.29) is 5.97 Å². The van der Waals surface area contributed by atoms with Gasteiger partial charge in [0, 0.05) is 10.8 Å². The Morgan fingerprint density at radius 3 is 2.85 bits per heavy atom. The molecule has 0 atom stereocenters. The lowest BCUT2D eigenvalue weighted by atomic mass is 10.1. The third-order valence-corrected chi connectivity index (χ3v) is 4.75. The Kier molecular flexibility index (Phi) is 5.80. The number of aromatic nitrogens is 3. The number of carbonyl (C=O) groups is 1. The molecule has 0 amide bonds. The lowest BCUT2D eigenvalue weighted by Gasteiger charge is -2.05. The first-order valence-electron chi connectivity index (χ1n) is 7.67. The van der Waals surface area contributed by atoms with Crippen LogP contribution in [0.1, 0.15) is 15.9 Å². The van der Waals surface area contributed by atoms with Gasteiger partial charge in [0.15, 0.2) is 5.82 Å². The molecule has 3 aromatic rings. The summed E-state index contributed by atoms with van der Waals surface area (Å²) in [6.07, 6.45) is 0. The molecule has 0 saturated carbocycles. The predicted molar refractivity (Wildman–Crippen MR) is 101 cm³/mol. The summed E-state index contributed by atoms with van der Waals surface area (Å²) in [5.74, 6) is 1.50. The van der Waals surface area contributed by atoms with E-state index in [4.69, 9.17) is 21.1 Å². The van der Waals surface area contributed by atoms with E-state index in [0.717, 1.165) is 11.1 Å². The fraction of sp³-hybridized carbons (Fsp3) is 0.167. The summed E-state index contributed by atoms with van der Waals surface area (Å²) in [4.78, 5) is 16.1. The maximum Gasteiger partial charge on any atom is 0.337 e. The molecule has 0 fully saturated rings. The number of ether oxygens (including phenoxy) is 2. The van der Waals surface area contributed by atoms with E-state index in [0.29, 0.717) is 33.1 Å². The molecule has 8 heteroatoms. The summed E-state index contributed by atoms with van der Waals surface area (Å²) >= 11 is 7.52. The number of methoxy groups -OCH3 is 2. The Morgan fingerprint density at radius 1 is 1.23 bits per heavy atom. The van der Waals surface area contributed by atoms with Gasteiger partial charge in [-0.2, -0.15) is 0 Å². The molecule has 2 aromatic carbocycles. The van der Waals surface area contributed by atoms with Crippen molar-refractivity contribution in [3.8, 4) is 17.1 Å². The maximum absolute atomic E-state index is 11.6. The largest absolute Gasteiger partial charge is 0.496 e. The number of thioether (sulfide) groups is 1. The van der Waals surface area contributed by atoms with E-state index in [1.165, 1.54) is 18.9 Å². The highest BCUT2D eigenvalue weighted by Crippen LogP contribution is 2.31. The number of nitrogens with one attached hydrogen (secondary N) is 1. The molecule has 0 radical (unpaired) electrons. The number of hydrogen-bond acceptors (Lipinski definition) is 6. The van der Waals surface area contributed by atoms with Gasteiger partial charge in [-0.15, -0.1) is 5.10 Å². The second kappa shape index (κ2) is 8.25. The Balaban J connectivity index is 1.74. The van der Waals surface area contributed by atoms with Gasteiger partial charge in [-0.3, -0.25) is 5.10 Å². The summed E-state index contributed by atoms with van der Waals surface area (Å²) < 4.78 is 10.1. The number of aromatic amines is 1. The Labute approximate surface area is 159 Å². The minimum absolute atomic E-state index is 0.356. The van der Waals surface area contributed by atoms with Crippen LogP contribution in [0, 0.1) is 0 Å². The van der Waals surface area contributed by atoms with Gasteiger partial charge in [-0.25, -0.2) is 9.78 Å². The van der Waals surface area contributed by atoms with Crippen molar-refractivity contribution in [3.05, 3.63) is 58.6 Å². The number of halogens is 1. The maximum atomic E-state index is 11.6. The number of rotatable bonds is 6. The molecule has 26 heavy (non-hydrogen) atoms. The van der Waals surface area contributed by atoms with Crippen LogP contribution in [0.3, 0.4) is 0 Å².